The lowest BCUT2D eigenvalue weighted by Crippen LogP contribution is -2.43. The average molecular weight is 389 g/mol. The molecule has 1 aromatic carbocycles. The molecule has 0 spiro atoms. The number of esters is 1. The summed E-state index contributed by atoms with van der Waals surface area (Å²) in [6.07, 6.45) is 0.824. The zero-order valence-electron chi connectivity index (χ0n) is 12.8. The highest BCUT2D eigenvalue weighted by Gasteiger charge is 2.30. The molecule has 130 valence electrons. The van der Waals surface area contributed by atoms with Crippen molar-refractivity contribution in [3.8, 4) is 0 Å². The predicted molar refractivity (Wildman–Crippen MR) is 94.0 cm³/mol. The Morgan fingerprint density at radius 3 is 2.62 bits per heavy atom. The van der Waals surface area contributed by atoms with Crippen LogP contribution in [0.3, 0.4) is 0 Å². The molecule has 1 aliphatic heterocycles. The molecule has 2 aromatic rings. The van der Waals surface area contributed by atoms with Crippen LogP contribution in [0.1, 0.15) is 17.7 Å². The number of benzene rings is 1. The fraction of sp³-hybridized carbons (Fsp3) is 0.400. The third-order valence-corrected chi connectivity index (χ3v) is 6.87. The highest BCUT2D eigenvalue weighted by atomic mass is 35.5. The van der Waals surface area contributed by atoms with Crippen LogP contribution in [0.15, 0.2) is 24.3 Å². The van der Waals surface area contributed by atoms with Gasteiger partial charge < -0.3 is 4.74 Å². The number of nitrogens with two attached hydrogens (primary N) is 1. The van der Waals surface area contributed by atoms with Gasteiger partial charge in [-0.25, -0.2) is 5.14 Å². The molecule has 2 heterocycles. The van der Waals surface area contributed by atoms with Gasteiger partial charge in [0.1, 0.15) is 6.61 Å². The van der Waals surface area contributed by atoms with E-state index in [0.29, 0.717) is 17.9 Å². The van der Waals surface area contributed by atoms with Gasteiger partial charge >= 0.3 is 5.97 Å². The smallest absolute Gasteiger partial charge is 0.309 e. The van der Waals surface area contributed by atoms with Crippen molar-refractivity contribution in [3.05, 3.63) is 34.2 Å². The maximum Gasteiger partial charge on any atom is 0.309 e. The summed E-state index contributed by atoms with van der Waals surface area (Å²) < 4.78 is 30.2. The number of hydrogen-bond donors (Lipinski definition) is 1. The second-order valence-corrected chi connectivity index (χ2v) is 8.72. The van der Waals surface area contributed by atoms with E-state index in [0.717, 1.165) is 15.0 Å². The van der Waals surface area contributed by atoms with Gasteiger partial charge in [-0.15, -0.1) is 11.3 Å². The maximum atomic E-state index is 12.2. The van der Waals surface area contributed by atoms with E-state index < -0.39 is 10.2 Å². The van der Waals surface area contributed by atoms with E-state index in [1.165, 1.54) is 15.6 Å². The lowest BCUT2D eigenvalue weighted by molar-refractivity contribution is -0.151. The molecule has 6 nitrogen and oxygen atoms in total. The number of ether oxygens (including phenoxy) is 1. The standard InChI is InChI=1S/C15H17ClN2O4S2/c16-14-11-3-1-2-4-12(11)23-13(14)9-22-15(19)10-5-7-18(8-6-10)24(17,20)21/h1-4,10H,5-9H2,(H2,17,20,21). The van der Waals surface area contributed by atoms with E-state index in [1.54, 1.807) is 0 Å². The monoisotopic (exact) mass is 388 g/mol. The maximum absolute atomic E-state index is 12.2. The summed E-state index contributed by atoms with van der Waals surface area (Å²) in [6.45, 7) is 0.608. The van der Waals surface area contributed by atoms with Crippen LogP contribution in [-0.4, -0.2) is 31.8 Å². The Morgan fingerprint density at radius 1 is 1.33 bits per heavy atom. The first-order valence-electron chi connectivity index (χ1n) is 7.46. The van der Waals surface area contributed by atoms with Crippen molar-refractivity contribution >= 4 is 49.2 Å². The fourth-order valence-corrected chi connectivity index (χ4v) is 4.88. The number of thiophene rings is 1. The zero-order chi connectivity index (χ0) is 17.3. The molecule has 2 N–H and O–H groups in total. The van der Waals surface area contributed by atoms with Crippen LogP contribution in [0.4, 0.5) is 0 Å². The van der Waals surface area contributed by atoms with Crippen molar-refractivity contribution in [2.75, 3.05) is 13.1 Å². The molecule has 0 aliphatic carbocycles. The summed E-state index contributed by atoms with van der Waals surface area (Å²) in [4.78, 5) is 13.0. The number of nitrogens with zero attached hydrogens (tertiary/aromatic N) is 1. The van der Waals surface area contributed by atoms with Crippen molar-refractivity contribution in [1.82, 2.24) is 4.31 Å². The van der Waals surface area contributed by atoms with Gasteiger partial charge in [0, 0.05) is 23.2 Å². The minimum absolute atomic E-state index is 0.131. The average Bonchev–Trinajstić information content (AvgIpc) is 2.88. The number of piperidine rings is 1. The summed E-state index contributed by atoms with van der Waals surface area (Å²) >= 11 is 7.83. The van der Waals surface area contributed by atoms with Gasteiger partial charge in [0.2, 0.25) is 0 Å². The SMILES string of the molecule is NS(=O)(=O)N1CCC(C(=O)OCc2sc3ccccc3c2Cl)CC1. The first-order valence-corrected chi connectivity index (χ1v) is 10.2. The molecule has 1 aromatic heterocycles. The molecule has 0 atom stereocenters. The van der Waals surface area contributed by atoms with Gasteiger partial charge in [-0.3, -0.25) is 4.79 Å². The van der Waals surface area contributed by atoms with Crippen LogP contribution in [0.2, 0.25) is 5.02 Å². The quantitative estimate of drug-likeness (QED) is 0.815. The molecule has 1 fully saturated rings. The van der Waals surface area contributed by atoms with Crippen molar-refractivity contribution in [3.63, 3.8) is 0 Å². The van der Waals surface area contributed by atoms with Crippen molar-refractivity contribution < 1.29 is 17.9 Å². The molecule has 0 bridgehead atoms. The van der Waals surface area contributed by atoms with Crippen LogP contribution in [0.25, 0.3) is 10.1 Å². The molecule has 0 amide bonds. The second kappa shape index (κ2) is 6.97. The number of hydrogen-bond acceptors (Lipinski definition) is 5. The Kier molecular flexibility index (Phi) is 5.12. The largest absolute Gasteiger partial charge is 0.460 e. The van der Waals surface area contributed by atoms with E-state index in [9.17, 15) is 13.2 Å². The van der Waals surface area contributed by atoms with Gasteiger partial charge in [-0.05, 0) is 18.9 Å². The van der Waals surface area contributed by atoms with E-state index in [2.05, 4.69) is 0 Å². The van der Waals surface area contributed by atoms with Crippen molar-refractivity contribution in [1.29, 1.82) is 0 Å². The summed E-state index contributed by atoms with van der Waals surface area (Å²) in [5, 5.41) is 6.66. The van der Waals surface area contributed by atoms with Crippen molar-refractivity contribution in [2.45, 2.75) is 19.4 Å². The Bertz CT molecular complexity index is 857. The van der Waals surface area contributed by atoms with E-state index in [4.69, 9.17) is 21.5 Å². The fourth-order valence-electron chi connectivity index (χ4n) is 2.76. The summed E-state index contributed by atoms with van der Waals surface area (Å²) in [7, 11) is -3.69. The Labute approximate surface area is 149 Å². The molecule has 24 heavy (non-hydrogen) atoms. The van der Waals surface area contributed by atoms with Gasteiger partial charge in [-0.2, -0.15) is 12.7 Å². The molecule has 1 aliphatic rings. The third-order valence-electron chi connectivity index (χ3n) is 4.09. The highest BCUT2D eigenvalue weighted by molar-refractivity contribution is 7.86. The highest BCUT2D eigenvalue weighted by Crippen LogP contribution is 2.35. The van der Waals surface area contributed by atoms with Gasteiger partial charge in [-0.1, -0.05) is 29.8 Å². The molecule has 0 radical (unpaired) electrons. The van der Waals surface area contributed by atoms with E-state index >= 15 is 0 Å². The van der Waals surface area contributed by atoms with Crippen LogP contribution >= 0.6 is 22.9 Å². The number of rotatable bonds is 4. The van der Waals surface area contributed by atoms with Gasteiger partial charge in [0.25, 0.3) is 10.2 Å². The number of carbonyl (C=O) groups is 1. The Hall–Kier alpha value is -1.19. The van der Waals surface area contributed by atoms with Gasteiger partial charge in [0.05, 0.1) is 15.8 Å². The summed E-state index contributed by atoms with van der Waals surface area (Å²) in [5.74, 6) is -0.631. The minimum atomic E-state index is -3.69. The molecular formula is C15H17ClN2O4S2. The van der Waals surface area contributed by atoms with Crippen molar-refractivity contribution in [2.24, 2.45) is 11.1 Å². The Morgan fingerprint density at radius 2 is 2.00 bits per heavy atom. The minimum Gasteiger partial charge on any atom is -0.460 e. The normalized spacial score (nSPS) is 17.2. The lowest BCUT2D eigenvalue weighted by Gasteiger charge is -2.28. The molecular weight excluding hydrogens is 372 g/mol. The number of carbonyl (C=O) groups excluding carboxylic acids is 1. The molecule has 1 saturated heterocycles. The zero-order valence-corrected chi connectivity index (χ0v) is 15.2. The molecule has 0 saturated carbocycles. The number of fused-ring (bicyclic) bond motifs is 1. The summed E-state index contributed by atoms with van der Waals surface area (Å²) in [6, 6.07) is 7.75. The Balaban J connectivity index is 1.59. The topological polar surface area (TPSA) is 89.7 Å². The summed E-state index contributed by atoms with van der Waals surface area (Å²) in [5.41, 5.74) is 0. The molecule has 0 unspecified atom stereocenters. The van der Waals surface area contributed by atoms with E-state index in [-0.39, 0.29) is 31.6 Å². The molecule has 3 rings (SSSR count). The van der Waals surface area contributed by atoms with Crippen LogP contribution in [0.5, 0.6) is 0 Å². The lowest BCUT2D eigenvalue weighted by atomic mass is 9.98. The van der Waals surface area contributed by atoms with E-state index in [1.807, 2.05) is 24.3 Å². The first kappa shape index (κ1) is 17.6. The van der Waals surface area contributed by atoms with Crippen LogP contribution in [0, 0.1) is 5.92 Å². The second-order valence-electron chi connectivity index (χ2n) is 5.66. The molecule has 9 heteroatoms. The third kappa shape index (κ3) is 3.73. The van der Waals surface area contributed by atoms with Gasteiger partial charge in [0.15, 0.2) is 0 Å². The predicted octanol–water partition coefficient (Wildman–Crippen LogP) is 2.51. The van der Waals surface area contributed by atoms with Crippen LogP contribution in [-0.2, 0) is 26.3 Å². The first-order chi connectivity index (χ1) is 11.4. The number of halogens is 1. The van der Waals surface area contributed by atoms with Crippen LogP contribution < -0.4 is 5.14 Å².